The summed E-state index contributed by atoms with van der Waals surface area (Å²) in [5.74, 6) is -3.27. The standard InChI is InChI=1S/C17H14F2N8O3/c1-26-5-4-20-14(26)17(15(29)23-16(30)24-17)8-21-13(28)12-7-22-27(25-12)9-2-3-10(18)11(19)6-9/h2-7H,8H2,1H3,(H,21,28)(H2,23,24,29,30). The highest BCUT2D eigenvalue weighted by molar-refractivity contribution is 6.07. The zero-order chi connectivity index (χ0) is 21.5. The number of nitrogens with one attached hydrogen (secondary N) is 3. The van der Waals surface area contributed by atoms with Crippen LogP contribution in [0.5, 0.6) is 0 Å². The first-order chi connectivity index (χ1) is 14.3. The Kier molecular flexibility index (Phi) is 4.49. The van der Waals surface area contributed by atoms with E-state index in [-0.39, 0.29) is 23.8 Å². The second-order valence-corrected chi connectivity index (χ2v) is 6.48. The van der Waals surface area contributed by atoms with Crippen molar-refractivity contribution in [3.8, 4) is 5.69 Å². The number of imidazole rings is 1. The minimum atomic E-state index is -1.61. The summed E-state index contributed by atoms with van der Waals surface area (Å²) in [6, 6.07) is 2.31. The topological polar surface area (TPSA) is 136 Å². The first-order valence-electron chi connectivity index (χ1n) is 8.57. The van der Waals surface area contributed by atoms with E-state index in [1.54, 1.807) is 13.2 Å². The zero-order valence-electron chi connectivity index (χ0n) is 15.4. The fraction of sp³-hybridized carbons (Fsp3) is 0.176. The second-order valence-electron chi connectivity index (χ2n) is 6.48. The molecule has 2 aromatic heterocycles. The molecule has 3 aromatic rings. The van der Waals surface area contributed by atoms with Crippen molar-refractivity contribution in [3.63, 3.8) is 0 Å². The number of rotatable bonds is 5. The highest BCUT2D eigenvalue weighted by atomic mass is 19.2. The van der Waals surface area contributed by atoms with Crippen LogP contribution < -0.4 is 16.0 Å². The van der Waals surface area contributed by atoms with Crippen molar-refractivity contribution < 1.29 is 23.2 Å². The molecule has 1 aliphatic heterocycles. The molecule has 0 radical (unpaired) electrons. The maximum absolute atomic E-state index is 13.4. The van der Waals surface area contributed by atoms with Crippen molar-refractivity contribution in [2.45, 2.75) is 5.54 Å². The number of hydrogen-bond acceptors (Lipinski definition) is 6. The van der Waals surface area contributed by atoms with Crippen LogP contribution in [0.4, 0.5) is 13.6 Å². The van der Waals surface area contributed by atoms with Crippen LogP contribution in [0.15, 0.2) is 36.8 Å². The second kappa shape index (κ2) is 7.02. The van der Waals surface area contributed by atoms with E-state index in [1.807, 2.05) is 0 Å². The van der Waals surface area contributed by atoms with Gasteiger partial charge in [0.2, 0.25) is 0 Å². The van der Waals surface area contributed by atoms with Crippen molar-refractivity contribution in [1.82, 2.24) is 40.5 Å². The molecular weight excluding hydrogens is 402 g/mol. The lowest BCUT2D eigenvalue weighted by Crippen LogP contribution is -2.54. The number of hydrogen-bond donors (Lipinski definition) is 3. The molecule has 1 aromatic carbocycles. The number of urea groups is 1. The molecule has 13 heteroatoms. The predicted molar refractivity (Wildman–Crippen MR) is 95.2 cm³/mol. The summed E-state index contributed by atoms with van der Waals surface area (Å²) in [4.78, 5) is 41.8. The average molecular weight is 416 g/mol. The van der Waals surface area contributed by atoms with Gasteiger partial charge in [-0.2, -0.15) is 9.90 Å². The predicted octanol–water partition coefficient (Wildman–Crippen LogP) is -0.256. The Hall–Kier alpha value is -4.16. The molecule has 4 rings (SSSR count). The van der Waals surface area contributed by atoms with Crippen LogP contribution >= 0.6 is 0 Å². The van der Waals surface area contributed by atoms with Crippen molar-refractivity contribution in [2.24, 2.45) is 7.05 Å². The molecule has 1 saturated heterocycles. The molecule has 3 N–H and O–H groups in total. The van der Waals surface area contributed by atoms with Crippen molar-refractivity contribution in [1.29, 1.82) is 0 Å². The van der Waals surface area contributed by atoms with Gasteiger partial charge in [-0.1, -0.05) is 0 Å². The van der Waals surface area contributed by atoms with Gasteiger partial charge in [-0.15, -0.1) is 5.10 Å². The largest absolute Gasteiger partial charge is 0.347 e. The first-order valence-corrected chi connectivity index (χ1v) is 8.57. The van der Waals surface area contributed by atoms with E-state index in [1.165, 1.54) is 16.8 Å². The van der Waals surface area contributed by atoms with Crippen molar-refractivity contribution in [3.05, 3.63) is 59.9 Å². The molecule has 0 bridgehead atoms. The third-order valence-electron chi connectivity index (χ3n) is 4.52. The van der Waals surface area contributed by atoms with Crippen LogP contribution in [0.2, 0.25) is 0 Å². The number of nitrogens with zero attached hydrogens (tertiary/aromatic N) is 5. The molecule has 11 nitrogen and oxygen atoms in total. The van der Waals surface area contributed by atoms with Crippen LogP contribution in [-0.4, -0.2) is 48.9 Å². The smallest absolute Gasteiger partial charge is 0.322 e. The van der Waals surface area contributed by atoms with E-state index < -0.39 is 35.0 Å². The molecule has 1 atom stereocenters. The molecule has 4 amide bonds. The van der Waals surface area contributed by atoms with Gasteiger partial charge in [-0.25, -0.2) is 18.6 Å². The van der Waals surface area contributed by atoms with Crippen molar-refractivity contribution >= 4 is 17.8 Å². The number of imide groups is 1. The van der Waals surface area contributed by atoms with E-state index in [2.05, 4.69) is 31.1 Å². The Bertz CT molecular complexity index is 1170. The Morgan fingerprint density at radius 3 is 2.70 bits per heavy atom. The molecule has 0 saturated carbocycles. The molecule has 154 valence electrons. The summed E-state index contributed by atoms with van der Waals surface area (Å²) in [6.45, 7) is -0.313. The SMILES string of the molecule is Cn1ccnc1C1(CNC(=O)c2cnn(-c3ccc(F)c(F)c3)n2)NC(=O)NC1=O. The minimum Gasteiger partial charge on any atom is -0.347 e. The highest BCUT2D eigenvalue weighted by Gasteiger charge is 2.50. The molecule has 3 heterocycles. The lowest BCUT2D eigenvalue weighted by Gasteiger charge is -2.25. The van der Waals surface area contributed by atoms with E-state index in [9.17, 15) is 23.2 Å². The summed E-state index contributed by atoms with van der Waals surface area (Å²) in [5, 5.41) is 14.9. The molecule has 30 heavy (non-hydrogen) atoms. The number of benzene rings is 1. The van der Waals surface area contributed by atoms with Gasteiger partial charge >= 0.3 is 6.03 Å². The Labute approximate surface area is 167 Å². The monoisotopic (exact) mass is 416 g/mol. The molecule has 0 aliphatic carbocycles. The summed E-state index contributed by atoms with van der Waals surface area (Å²) < 4.78 is 28.0. The van der Waals surface area contributed by atoms with E-state index in [0.717, 1.165) is 23.1 Å². The van der Waals surface area contributed by atoms with E-state index in [0.29, 0.717) is 0 Å². The van der Waals surface area contributed by atoms with Gasteiger partial charge in [0, 0.05) is 25.5 Å². The minimum absolute atomic E-state index is 0.111. The lowest BCUT2D eigenvalue weighted by molar-refractivity contribution is -0.124. The van der Waals surface area contributed by atoms with Crippen LogP contribution in [0, 0.1) is 11.6 Å². The van der Waals surface area contributed by atoms with Crippen LogP contribution in [0.1, 0.15) is 16.3 Å². The van der Waals surface area contributed by atoms with Gasteiger partial charge in [0.15, 0.2) is 22.9 Å². The van der Waals surface area contributed by atoms with Gasteiger partial charge in [0.05, 0.1) is 18.4 Å². The molecule has 0 spiro atoms. The van der Waals surface area contributed by atoms with Crippen LogP contribution in [-0.2, 0) is 17.4 Å². The third kappa shape index (κ3) is 3.15. The maximum Gasteiger partial charge on any atom is 0.322 e. The number of carbonyl (C=O) groups excluding carboxylic acids is 3. The van der Waals surface area contributed by atoms with Gasteiger partial charge < -0.3 is 15.2 Å². The van der Waals surface area contributed by atoms with Gasteiger partial charge in [-0.3, -0.25) is 14.9 Å². The summed E-state index contributed by atoms with van der Waals surface area (Å²) in [5.41, 5.74) is -1.64. The summed E-state index contributed by atoms with van der Waals surface area (Å²) in [7, 11) is 1.64. The number of aromatic nitrogens is 5. The molecule has 1 fully saturated rings. The normalized spacial score (nSPS) is 18.2. The van der Waals surface area contributed by atoms with Crippen molar-refractivity contribution in [2.75, 3.05) is 6.54 Å². The number of aryl methyl sites for hydroxylation is 1. The molecule has 1 unspecified atom stereocenters. The first kappa shape index (κ1) is 19.2. The number of amides is 4. The number of halogens is 2. The fourth-order valence-corrected chi connectivity index (χ4v) is 3.03. The Morgan fingerprint density at radius 2 is 2.07 bits per heavy atom. The fourth-order valence-electron chi connectivity index (χ4n) is 3.03. The van der Waals surface area contributed by atoms with Gasteiger partial charge in [0.25, 0.3) is 11.8 Å². The Morgan fingerprint density at radius 1 is 1.27 bits per heavy atom. The quantitative estimate of drug-likeness (QED) is 0.491. The van der Waals surface area contributed by atoms with Crippen LogP contribution in [0.3, 0.4) is 0 Å². The van der Waals surface area contributed by atoms with E-state index in [4.69, 9.17) is 0 Å². The Balaban J connectivity index is 1.54. The third-order valence-corrected chi connectivity index (χ3v) is 4.52. The van der Waals surface area contributed by atoms with Crippen LogP contribution in [0.25, 0.3) is 5.69 Å². The molecule has 1 aliphatic rings. The van der Waals surface area contributed by atoms with E-state index >= 15 is 0 Å². The van der Waals surface area contributed by atoms with Gasteiger partial charge in [0.1, 0.15) is 5.82 Å². The van der Waals surface area contributed by atoms with Gasteiger partial charge in [-0.05, 0) is 12.1 Å². The number of carbonyl (C=O) groups is 3. The average Bonchev–Trinajstić information content (AvgIpc) is 3.42. The summed E-state index contributed by atoms with van der Waals surface area (Å²) in [6.07, 6.45) is 4.16. The zero-order valence-corrected chi connectivity index (χ0v) is 15.4. The molecular formula is C17H14F2N8O3. The maximum atomic E-state index is 13.4. The lowest BCUT2D eigenvalue weighted by atomic mass is 9.98. The summed E-state index contributed by atoms with van der Waals surface area (Å²) >= 11 is 0. The highest BCUT2D eigenvalue weighted by Crippen LogP contribution is 2.22.